The summed E-state index contributed by atoms with van der Waals surface area (Å²) in [6.45, 7) is 7.78. The zero-order valence-corrected chi connectivity index (χ0v) is 11.8. The predicted molar refractivity (Wildman–Crippen MR) is 71.4 cm³/mol. The fourth-order valence-electron chi connectivity index (χ4n) is 2.28. The molecular formula is C13H22N2OS. The van der Waals surface area contributed by atoms with E-state index < -0.39 is 0 Å². The SMILES string of the molecule is CC(O)CN(Cc1nc2c(s1)CCC2)C(C)C. The number of hydrogen-bond acceptors (Lipinski definition) is 4. The summed E-state index contributed by atoms with van der Waals surface area (Å²) in [6, 6.07) is 0.448. The van der Waals surface area contributed by atoms with Gasteiger partial charge in [0.1, 0.15) is 5.01 Å². The van der Waals surface area contributed by atoms with E-state index in [4.69, 9.17) is 4.98 Å². The van der Waals surface area contributed by atoms with Gasteiger partial charge in [0.25, 0.3) is 0 Å². The Morgan fingerprint density at radius 3 is 2.71 bits per heavy atom. The number of aryl methyl sites for hydroxylation is 2. The number of aliphatic hydroxyl groups excluding tert-OH is 1. The maximum atomic E-state index is 9.51. The minimum Gasteiger partial charge on any atom is -0.392 e. The Kier molecular flexibility index (Phi) is 4.17. The third kappa shape index (κ3) is 3.27. The van der Waals surface area contributed by atoms with Crippen molar-refractivity contribution in [2.24, 2.45) is 0 Å². The molecule has 17 heavy (non-hydrogen) atoms. The van der Waals surface area contributed by atoms with Gasteiger partial charge in [-0.2, -0.15) is 0 Å². The molecule has 0 bridgehead atoms. The van der Waals surface area contributed by atoms with E-state index in [0.717, 1.165) is 19.5 Å². The Morgan fingerprint density at radius 2 is 2.12 bits per heavy atom. The smallest absolute Gasteiger partial charge is 0.107 e. The van der Waals surface area contributed by atoms with Crippen LogP contribution in [0.25, 0.3) is 0 Å². The molecule has 1 aliphatic rings. The first-order valence-corrected chi connectivity index (χ1v) is 7.27. The van der Waals surface area contributed by atoms with Gasteiger partial charge in [-0.1, -0.05) is 0 Å². The lowest BCUT2D eigenvalue weighted by Crippen LogP contribution is -2.36. The highest BCUT2D eigenvalue weighted by atomic mass is 32.1. The number of hydrogen-bond donors (Lipinski definition) is 1. The zero-order valence-electron chi connectivity index (χ0n) is 10.9. The monoisotopic (exact) mass is 254 g/mol. The maximum Gasteiger partial charge on any atom is 0.107 e. The van der Waals surface area contributed by atoms with Crippen molar-refractivity contribution in [3.05, 3.63) is 15.6 Å². The molecule has 0 spiro atoms. The molecule has 0 amide bonds. The molecule has 96 valence electrons. The number of aliphatic hydroxyl groups is 1. The molecular weight excluding hydrogens is 232 g/mol. The Balaban J connectivity index is 2.01. The van der Waals surface area contributed by atoms with Crippen LogP contribution in [0.3, 0.4) is 0 Å². The summed E-state index contributed by atoms with van der Waals surface area (Å²) in [5.74, 6) is 0. The van der Waals surface area contributed by atoms with Crippen molar-refractivity contribution in [3.63, 3.8) is 0 Å². The zero-order chi connectivity index (χ0) is 12.4. The fourth-order valence-corrected chi connectivity index (χ4v) is 3.47. The molecule has 1 heterocycles. The maximum absolute atomic E-state index is 9.51. The number of thiazole rings is 1. The lowest BCUT2D eigenvalue weighted by Gasteiger charge is -2.26. The van der Waals surface area contributed by atoms with E-state index >= 15 is 0 Å². The highest BCUT2D eigenvalue weighted by Crippen LogP contribution is 2.28. The molecule has 4 heteroatoms. The third-order valence-electron chi connectivity index (χ3n) is 3.21. The van der Waals surface area contributed by atoms with E-state index in [2.05, 4.69) is 18.7 Å². The van der Waals surface area contributed by atoms with Crippen LogP contribution in [0.2, 0.25) is 0 Å². The Bertz CT molecular complexity index is 352. The summed E-state index contributed by atoms with van der Waals surface area (Å²) >= 11 is 1.86. The average Bonchev–Trinajstić information content (AvgIpc) is 2.75. The quantitative estimate of drug-likeness (QED) is 0.875. The minimum atomic E-state index is -0.274. The van der Waals surface area contributed by atoms with Gasteiger partial charge in [0.05, 0.1) is 18.3 Å². The Hall–Kier alpha value is -0.450. The molecule has 2 rings (SSSR count). The molecule has 1 unspecified atom stereocenters. The molecule has 0 fully saturated rings. The largest absolute Gasteiger partial charge is 0.392 e. The van der Waals surface area contributed by atoms with E-state index in [1.165, 1.54) is 28.4 Å². The minimum absolute atomic E-state index is 0.274. The van der Waals surface area contributed by atoms with Crippen molar-refractivity contribution in [2.45, 2.75) is 58.7 Å². The van der Waals surface area contributed by atoms with Crippen LogP contribution in [0.1, 0.15) is 42.8 Å². The van der Waals surface area contributed by atoms with Crippen molar-refractivity contribution in [1.82, 2.24) is 9.88 Å². The second-order valence-electron chi connectivity index (χ2n) is 5.20. The lowest BCUT2D eigenvalue weighted by molar-refractivity contribution is 0.103. The van der Waals surface area contributed by atoms with Gasteiger partial charge in [-0.3, -0.25) is 4.90 Å². The molecule has 0 aliphatic heterocycles. The second-order valence-corrected chi connectivity index (χ2v) is 6.37. The van der Waals surface area contributed by atoms with Crippen LogP contribution < -0.4 is 0 Å². The fraction of sp³-hybridized carbons (Fsp3) is 0.769. The lowest BCUT2D eigenvalue weighted by atomic mass is 10.2. The molecule has 0 radical (unpaired) electrons. The molecule has 1 aliphatic carbocycles. The summed E-state index contributed by atoms with van der Waals surface area (Å²) in [5, 5.41) is 10.7. The van der Waals surface area contributed by atoms with Crippen molar-refractivity contribution in [1.29, 1.82) is 0 Å². The Labute approximate surface area is 107 Å². The topological polar surface area (TPSA) is 36.4 Å². The Morgan fingerprint density at radius 1 is 1.35 bits per heavy atom. The van der Waals surface area contributed by atoms with Gasteiger partial charge in [0, 0.05) is 17.5 Å². The highest BCUT2D eigenvalue weighted by molar-refractivity contribution is 7.11. The van der Waals surface area contributed by atoms with Gasteiger partial charge < -0.3 is 5.11 Å². The van der Waals surface area contributed by atoms with Gasteiger partial charge in [0.2, 0.25) is 0 Å². The van der Waals surface area contributed by atoms with Crippen LogP contribution in [0.5, 0.6) is 0 Å². The standard InChI is InChI=1S/C13H22N2OS/c1-9(2)15(7-10(3)16)8-13-14-11-5-4-6-12(11)17-13/h9-10,16H,4-8H2,1-3H3. The summed E-state index contributed by atoms with van der Waals surface area (Å²) in [7, 11) is 0. The molecule has 0 saturated carbocycles. The van der Waals surface area contributed by atoms with Crippen LogP contribution in [0.15, 0.2) is 0 Å². The van der Waals surface area contributed by atoms with Gasteiger partial charge in [-0.15, -0.1) is 11.3 Å². The van der Waals surface area contributed by atoms with Gasteiger partial charge in [-0.05, 0) is 40.0 Å². The van der Waals surface area contributed by atoms with Crippen molar-refractivity contribution >= 4 is 11.3 Å². The van der Waals surface area contributed by atoms with Gasteiger partial charge in [0.15, 0.2) is 0 Å². The van der Waals surface area contributed by atoms with Gasteiger partial charge >= 0.3 is 0 Å². The van der Waals surface area contributed by atoms with Gasteiger partial charge in [-0.25, -0.2) is 4.98 Å². The first-order valence-electron chi connectivity index (χ1n) is 6.46. The number of fused-ring (bicyclic) bond motifs is 1. The van der Waals surface area contributed by atoms with Crippen molar-refractivity contribution in [2.75, 3.05) is 6.54 Å². The normalized spacial score (nSPS) is 16.8. The number of aromatic nitrogens is 1. The molecule has 1 atom stereocenters. The van der Waals surface area contributed by atoms with Crippen LogP contribution in [-0.4, -0.2) is 33.7 Å². The van der Waals surface area contributed by atoms with Crippen LogP contribution in [0.4, 0.5) is 0 Å². The summed E-state index contributed by atoms with van der Waals surface area (Å²) in [4.78, 5) is 8.49. The van der Waals surface area contributed by atoms with Crippen molar-refractivity contribution in [3.8, 4) is 0 Å². The predicted octanol–water partition coefficient (Wildman–Crippen LogP) is 2.22. The summed E-state index contributed by atoms with van der Waals surface area (Å²) < 4.78 is 0. The third-order valence-corrected chi connectivity index (χ3v) is 4.35. The van der Waals surface area contributed by atoms with E-state index in [-0.39, 0.29) is 6.10 Å². The summed E-state index contributed by atoms with van der Waals surface area (Å²) in [5.41, 5.74) is 1.32. The van der Waals surface area contributed by atoms with Crippen LogP contribution in [-0.2, 0) is 19.4 Å². The first-order chi connectivity index (χ1) is 8.06. The molecule has 0 saturated heterocycles. The van der Waals surface area contributed by atoms with Crippen LogP contribution in [0, 0.1) is 0 Å². The molecule has 1 N–H and O–H groups in total. The van der Waals surface area contributed by atoms with E-state index in [1.54, 1.807) is 0 Å². The van der Waals surface area contributed by atoms with E-state index in [1.807, 2.05) is 18.3 Å². The van der Waals surface area contributed by atoms with Crippen molar-refractivity contribution < 1.29 is 5.11 Å². The molecule has 0 aromatic carbocycles. The average molecular weight is 254 g/mol. The molecule has 1 aromatic rings. The number of rotatable bonds is 5. The van der Waals surface area contributed by atoms with E-state index in [9.17, 15) is 5.11 Å². The number of nitrogens with zero attached hydrogens (tertiary/aromatic N) is 2. The van der Waals surface area contributed by atoms with Crippen LogP contribution >= 0.6 is 11.3 Å². The second kappa shape index (κ2) is 5.46. The summed E-state index contributed by atoms with van der Waals surface area (Å²) in [6.07, 6.45) is 3.37. The van der Waals surface area contributed by atoms with E-state index in [0.29, 0.717) is 6.04 Å². The molecule has 1 aromatic heterocycles. The highest BCUT2D eigenvalue weighted by Gasteiger charge is 2.19. The first kappa shape index (κ1) is 13.0. The molecule has 3 nitrogen and oxygen atoms in total.